The van der Waals surface area contributed by atoms with E-state index in [2.05, 4.69) is 5.32 Å². The third-order valence-electron chi connectivity index (χ3n) is 7.62. The highest BCUT2D eigenvalue weighted by molar-refractivity contribution is 5.99. The van der Waals surface area contributed by atoms with E-state index in [9.17, 15) is 18.8 Å². The molecule has 1 N–H and O–H groups in total. The summed E-state index contributed by atoms with van der Waals surface area (Å²) in [7, 11) is 0. The molecule has 2 aromatic rings. The van der Waals surface area contributed by atoms with E-state index in [1.807, 2.05) is 19.1 Å². The van der Waals surface area contributed by atoms with E-state index in [0.717, 1.165) is 18.4 Å². The first-order valence-electron chi connectivity index (χ1n) is 12.9. The SMILES string of the molecule is Cc1ccccc1C(=O)N1[C@@H](C(=O)NC[C@H]2CCCO2)COC12CCN(C(=O)c1ccccc1F)CC2. The Kier molecular flexibility index (Phi) is 7.26. The molecule has 37 heavy (non-hydrogen) atoms. The minimum Gasteiger partial charge on any atom is -0.376 e. The lowest BCUT2D eigenvalue weighted by Crippen LogP contribution is -2.60. The zero-order chi connectivity index (χ0) is 26.0. The van der Waals surface area contributed by atoms with Gasteiger partial charge in [0.15, 0.2) is 0 Å². The normalized spacial score (nSPS) is 22.9. The van der Waals surface area contributed by atoms with E-state index in [4.69, 9.17) is 9.47 Å². The molecule has 8 nitrogen and oxygen atoms in total. The van der Waals surface area contributed by atoms with E-state index in [0.29, 0.717) is 31.6 Å². The number of amides is 3. The van der Waals surface area contributed by atoms with E-state index in [1.54, 1.807) is 34.1 Å². The predicted octanol–water partition coefficient (Wildman–Crippen LogP) is 2.90. The van der Waals surface area contributed by atoms with Crippen molar-refractivity contribution in [1.82, 2.24) is 15.1 Å². The topological polar surface area (TPSA) is 88.2 Å². The number of carbonyl (C=O) groups excluding carboxylic acids is 3. The second-order valence-electron chi connectivity index (χ2n) is 9.92. The second-order valence-corrected chi connectivity index (χ2v) is 9.92. The van der Waals surface area contributed by atoms with Crippen molar-refractivity contribution in [2.45, 2.75) is 50.5 Å². The molecule has 0 aromatic heterocycles. The highest BCUT2D eigenvalue weighted by atomic mass is 19.1. The summed E-state index contributed by atoms with van der Waals surface area (Å²) < 4.78 is 26.1. The molecule has 5 rings (SSSR count). The Hall–Kier alpha value is -3.30. The monoisotopic (exact) mass is 509 g/mol. The fraction of sp³-hybridized carbons (Fsp3) is 0.464. The summed E-state index contributed by atoms with van der Waals surface area (Å²) in [6.07, 6.45) is 2.48. The Morgan fingerprint density at radius 3 is 2.41 bits per heavy atom. The molecule has 0 radical (unpaired) electrons. The first kappa shape index (κ1) is 25.4. The third-order valence-corrected chi connectivity index (χ3v) is 7.62. The maximum Gasteiger partial charge on any atom is 0.257 e. The van der Waals surface area contributed by atoms with E-state index in [-0.39, 0.29) is 43.2 Å². The minimum atomic E-state index is -1.03. The quantitative estimate of drug-likeness (QED) is 0.670. The van der Waals surface area contributed by atoms with Crippen LogP contribution in [0.1, 0.15) is 52.0 Å². The lowest BCUT2D eigenvalue weighted by Gasteiger charge is -2.44. The molecular weight excluding hydrogens is 477 g/mol. The molecule has 0 unspecified atom stereocenters. The highest BCUT2D eigenvalue weighted by Crippen LogP contribution is 2.39. The zero-order valence-corrected chi connectivity index (χ0v) is 21.0. The summed E-state index contributed by atoms with van der Waals surface area (Å²) in [4.78, 5) is 43.3. The van der Waals surface area contributed by atoms with Gasteiger partial charge >= 0.3 is 0 Å². The van der Waals surface area contributed by atoms with Crippen LogP contribution in [0.15, 0.2) is 48.5 Å². The number of aryl methyl sites for hydroxylation is 1. The number of hydrogen-bond acceptors (Lipinski definition) is 5. The largest absolute Gasteiger partial charge is 0.376 e. The van der Waals surface area contributed by atoms with Gasteiger partial charge in [0.25, 0.3) is 11.8 Å². The van der Waals surface area contributed by atoms with Gasteiger partial charge in [0, 0.05) is 44.6 Å². The first-order valence-corrected chi connectivity index (χ1v) is 12.9. The van der Waals surface area contributed by atoms with Crippen LogP contribution in [-0.4, -0.2) is 78.2 Å². The van der Waals surface area contributed by atoms with Gasteiger partial charge in [0.05, 0.1) is 18.3 Å². The minimum absolute atomic E-state index is 0.0185. The molecule has 0 bridgehead atoms. The van der Waals surface area contributed by atoms with Gasteiger partial charge in [-0.2, -0.15) is 0 Å². The summed E-state index contributed by atoms with van der Waals surface area (Å²) in [6, 6.07) is 12.4. The number of nitrogens with zero attached hydrogens (tertiary/aromatic N) is 2. The molecule has 9 heteroatoms. The molecule has 1 spiro atoms. The Morgan fingerprint density at radius 1 is 1.03 bits per heavy atom. The molecular formula is C28H32FN3O5. The summed E-state index contributed by atoms with van der Waals surface area (Å²) in [6.45, 7) is 3.55. The van der Waals surface area contributed by atoms with Crippen LogP contribution in [0.25, 0.3) is 0 Å². The van der Waals surface area contributed by atoms with E-state index in [1.165, 1.54) is 12.1 Å². The van der Waals surface area contributed by atoms with Crippen molar-refractivity contribution in [2.24, 2.45) is 0 Å². The predicted molar refractivity (Wildman–Crippen MR) is 133 cm³/mol. The van der Waals surface area contributed by atoms with Crippen LogP contribution in [0, 0.1) is 12.7 Å². The Morgan fingerprint density at radius 2 is 1.73 bits per heavy atom. The van der Waals surface area contributed by atoms with E-state index >= 15 is 0 Å². The van der Waals surface area contributed by atoms with E-state index < -0.39 is 23.5 Å². The van der Waals surface area contributed by atoms with Crippen molar-refractivity contribution < 1.29 is 28.2 Å². The Bertz CT molecular complexity index is 1170. The summed E-state index contributed by atoms with van der Waals surface area (Å²) in [5.74, 6) is -1.52. The third kappa shape index (κ3) is 4.98. The van der Waals surface area contributed by atoms with Crippen LogP contribution < -0.4 is 5.32 Å². The van der Waals surface area contributed by atoms with Crippen LogP contribution in [0.2, 0.25) is 0 Å². The van der Waals surface area contributed by atoms with Crippen molar-refractivity contribution >= 4 is 17.7 Å². The molecule has 2 aromatic carbocycles. The highest BCUT2D eigenvalue weighted by Gasteiger charge is 2.54. The number of likely N-dealkylation sites (tertiary alicyclic amines) is 1. The van der Waals surface area contributed by atoms with Gasteiger partial charge < -0.3 is 19.7 Å². The number of ether oxygens (including phenoxy) is 2. The average Bonchev–Trinajstić information content (AvgIpc) is 3.56. The molecule has 2 atom stereocenters. The molecule has 0 aliphatic carbocycles. The van der Waals surface area contributed by atoms with Gasteiger partial charge in [-0.3, -0.25) is 19.3 Å². The number of carbonyl (C=O) groups is 3. The molecule has 196 valence electrons. The molecule has 3 aliphatic heterocycles. The van der Waals surface area contributed by atoms with Crippen LogP contribution in [0.5, 0.6) is 0 Å². The molecule has 3 aliphatic rings. The van der Waals surface area contributed by atoms with Crippen molar-refractivity contribution in [3.05, 3.63) is 71.0 Å². The Labute approximate surface area is 215 Å². The fourth-order valence-corrected chi connectivity index (χ4v) is 5.51. The van der Waals surface area contributed by atoms with Crippen LogP contribution >= 0.6 is 0 Å². The molecule has 3 heterocycles. The van der Waals surface area contributed by atoms with Gasteiger partial charge in [0.1, 0.15) is 17.6 Å². The number of benzene rings is 2. The van der Waals surface area contributed by atoms with Gasteiger partial charge in [-0.15, -0.1) is 0 Å². The van der Waals surface area contributed by atoms with Crippen molar-refractivity contribution in [3.63, 3.8) is 0 Å². The van der Waals surface area contributed by atoms with Crippen LogP contribution in [0.4, 0.5) is 4.39 Å². The Balaban J connectivity index is 1.36. The lowest BCUT2D eigenvalue weighted by atomic mass is 9.95. The number of nitrogens with one attached hydrogen (secondary N) is 1. The number of hydrogen-bond donors (Lipinski definition) is 1. The molecule has 3 saturated heterocycles. The van der Waals surface area contributed by atoms with Crippen LogP contribution in [-0.2, 0) is 14.3 Å². The standard InChI is InChI=1S/C28H32FN3O5/c1-19-7-2-3-9-21(19)27(35)32-24(25(33)30-17-20-8-6-16-36-20)18-37-28(32)12-14-31(15-13-28)26(34)22-10-4-5-11-23(22)29/h2-5,7,9-11,20,24H,6,8,12-18H2,1H3,(H,30,33)/t20-,24-/m1/s1. The number of piperidine rings is 1. The van der Waals surface area contributed by atoms with Gasteiger partial charge in [0.2, 0.25) is 5.91 Å². The van der Waals surface area contributed by atoms with Crippen molar-refractivity contribution in [1.29, 1.82) is 0 Å². The zero-order valence-electron chi connectivity index (χ0n) is 21.0. The maximum atomic E-state index is 14.2. The summed E-state index contributed by atoms with van der Waals surface area (Å²) in [5.41, 5.74) is 0.302. The van der Waals surface area contributed by atoms with Crippen LogP contribution in [0.3, 0.4) is 0 Å². The van der Waals surface area contributed by atoms with Gasteiger partial charge in [-0.05, 0) is 43.5 Å². The molecule has 3 amide bonds. The molecule has 3 fully saturated rings. The number of rotatable bonds is 5. The molecule has 0 saturated carbocycles. The van der Waals surface area contributed by atoms with Crippen molar-refractivity contribution in [3.8, 4) is 0 Å². The first-order chi connectivity index (χ1) is 17.9. The smallest absolute Gasteiger partial charge is 0.257 e. The second kappa shape index (κ2) is 10.6. The number of halogens is 1. The average molecular weight is 510 g/mol. The fourth-order valence-electron chi connectivity index (χ4n) is 5.51. The summed E-state index contributed by atoms with van der Waals surface area (Å²) in [5, 5.41) is 2.95. The van der Waals surface area contributed by atoms with Gasteiger partial charge in [-0.1, -0.05) is 30.3 Å². The van der Waals surface area contributed by atoms with Crippen molar-refractivity contribution in [2.75, 3.05) is 32.8 Å². The van der Waals surface area contributed by atoms with Gasteiger partial charge in [-0.25, -0.2) is 4.39 Å². The lowest BCUT2D eigenvalue weighted by molar-refractivity contribution is -0.128. The summed E-state index contributed by atoms with van der Waals surface area (Å²) >= 11 is 0. The maximum absolute atomic E-state index is 14.2.